The molecule has 0 rings (SSSR count). The van der Waals surface area contributed by atoms with Gasteiger partial charge in [0.05, 0.1) is 0 Å². The summed E-state index contributed by atoms with van der Waals surface area (Å²) < 4.78 is 0. The highest BCUT2D eigenvalue weighted by molar-refractivity contribution is 5.76. The molecule has 0 fully saturated rings. The van der Waals surface area contributed by atoms with E-state index < -0.39 is 0 Å². The summed E-state index contributed by atoms with van der Waals surface area (Å²) >= 11 is 0. The van der Waals surface area contributed by atoms with Crippen LogP contribution in [0.2, 0.25) is 0 Å². The molecule has 2 nitrogen and oxygen atoms in total. The second-order valence-corrected chi connectivity index (χ2v) is 7.98. The molecule has 0 aromatic heterocycles. The van der Waals surface area contributed by atoms with Crippen molar-refractivity contribution in [2.45, 2.75) is 137 Å². The largest absolute Gasteiger partial charge is 0.338 e. The maximum Gasteiger partial charge on any atom is 0.223 e. The minimum atomic E-state index is 0.319. The Bertz CT molecular complexity index is 278. The van der Waals surface area contributed by atoms with E-state index in [0.717, 1.165) is 12.8 Å². The quantitative estimate of drug-likeness (QED) is 0.274. The molecule has 0 N–H and O–H groups in total. The van der Waals surface area contributed by atoms with Gasteiger partial charge >= 0.3 is 0 Å². The Kier molecular flexibility index (Phi) is 15.6. The predicted octanol–water partition coefficient (Wildman–Crippen LogP) is 7.11. The van der Waals surface area contributed by atoms with Crippen molar-refractivity contribution in [2.24, 2.45) is 0 Å². The molecule has 0 aromatic carbocycles. The standard InChI is InChI=1S/C22H45NO/c1-6-7-8-9-10-11-12-13-14-15-16-17-18-19-22(24)23(20(2)3)21(4)5/h20-21H,6-19H2,1-5H3. The number of carbonyl (C=O) groups is 1. The number of unbranched alkanes of at least 4 members (excludes halogenated alkanes) is 12. The van der Waals surface area contributed by atoms with E-state index in [4.69, 9.17) is 0 Å². The summed E-state index contributed by atoms with van der Waals surface area (Å²) in [5.74, 6) is 0.336. The van der Waals surface area contributed by atoms with Crippen LogP contribution in [0.15, 0.2) is 0 Å². The summed E-state index contributed by atoms with van der Waals surface area (Å²) in [5, 5.41) is 0. The number of amides is 1. The van der Waals surface area contributed by atoms with Gasteiger partial charge in [-0.15, -0.1) is 0 Å². The molecule has 1 amide bonds. The average molecular weight is 340 g/mol. The molecular formula is C22H45NO. The first-order valence-corrected chi connectivity index (χ1v) is 10.8. The Balaban J connectivity index is 3.40. The van der Waals surface area contributed by atoms with Gasteiger partial charge in [0.25, 0.3) is 0 Å². The van der Waals surface area contributed by atoms with E-state index in [1.807, 2.05) is 4.90 Å². The van der Waals surface area contributed by atoms with Crippen LogP contribution >= 0.6 is 0 Å². The fourth-order valence-corrected chi connectivity index (χ4v) is 3.60. The van der Waals surface area contributed by atoms with Gasteiger partial charge in [-0.3, -0.25) is 4.79 Å². The van der Waals surface area contributed by atoms with E-state index in [0.29, 0.717) is 18.0 Å². The lowest BCUT2D eigenvalue weighted by Crippen LogP contribution is -2.41. The van der Waals surface area contributed by atoms with Crippen LogP contribution < -0.4 is 0 Å². The van der Waals surface area contributed by atoms with Crippen molar-refractivity contribution in [1.29, 1.82) is 0 Å². The number of nitrogens with zero attached hydrogens (tertiary/aromatic N) is 1. The maximum absolute atomic E-state index is 12.3. The zero-order valence-corrected chi connectivity index (χ0v) is 17.4. The van der Waals surface area contributed by atoms with Crippen LogP contribution in [0.1, 0.15) is 125 Å². The molecule has 2 heteroatoms. The van der Waals surface area contributed by atoms with Crippen LogP contribution in [0.4, 0.5) is 0 Å². The summed E-state index contributed by atoms with van der Waals surface area (Å²) in [7, 11) is 0. The van der Waals surface area contributed by atoms with Gasteiger partial charge in [-0.25, -0.2) is 0 Å². The topological polar surface area (TPSA) is 20.3 Å². The third-order valence-corrected chi connectivity index (χ3v) is 4.89. The van der Waals surface area contributed by atoms with Crippen molar-refractivity contribution in [1.82, 2.24) is 4.90 Å². The lowest BCUT2D eigenvalue weighted by molar-refractivity contribution is -0.134. The molecule has 0 radical (unpaired) electrons. The second-order valence-electron chi connectivity index (χ2n) is 7.98. The van der Waals surface area contributed by atoms with Gasteiger partial charge in [-0.2, -0.15) is 0 Å². The van der Waals surface area contributed by atoms with Crippen LogP contribution in [0.5, 0.6) is 0 Å². The van der Waals surface area contributed by atoms with Gasteiger partial charge in [0.1, 0.15) is 0 Å². The summed E-state index contributed by atoms with van der Waals surface area (Å²) in [5.41, 5.74) is 0. The zero-order chi connectivity index (χ0) is 18.2. The molecule has 0 aliphatic rings. The van der Waals surface area contributed by atoms with Gasteiger partial charge in [0, 0.05) is 18.5 Å². The molecule has 0 saturated heterocycles. The summed E-state index contributed by atoms with van der Waals surface area (Å²) in [6.45, 7) is 10.7. The van der Waals surface area contributed by atoms with E-state index in [-0.39, 0.29) is 0 Å². The van der Waals surface area contributed by atoms with E-state index in [1.165, 1.54) is 77.0 Å². The van der Waals surface area contributed by atoms with Crippen molar-refractivity contribution in [3.05, 3.63) is 0 Å². The van der Waals surface area contributed by atoms with Crippen molar-refractivity contribution in [2.75, 3.05) is 0 Å². The molecule has 0 aromatic rings. The summed E-state index contributed by atoms with van der Waals surface area (Å²) in [6, 6.07) is 0.638. The predicted molar refractivity (Wildman–Crippen MR) is 107 cm³/mol. The average Bonchev–Trinajstić information content (AvgIpc) is 2.51. The van der Waals surface area contributed by atoms with Gasteiger partial charge in [0.2, 0.25) is 5.91 Å². The van der Waals surface area contributed by atoms with E-state index in [9.17, 15) is 4.79 Å². The Morgan fingerprint density at radius 2 is 0.958 bits per heavy atom. The smallest absolute Gasteiger partial charge is 0.223 e. The van der Waals surface area contributed by atoms with Gasteiger partial charge in [-0.1, -0.05) is 84.0 Å². The van der Waals surface area contributed by atoms with Crippen LogP contribution in [0.25, 0.3) is 0 Å². The van der Waals surface area contributed by atoms with Crippen LogP contribution in [-0.2, 0) is 4.79 Å². The lowest BCUT2D eigenvalue weighted by atomic mass is 10.0. The molecule has 0 aliphatic heterocycles. The van der Waals surface area contributed by atoms with Crippen LogP contribution in [0, 0.1) is 0 Å². The monoisotopic (exact) mass is 339 g/mol. The molecule has 24 heavy (non-hydrogen) atoms. The van der Waals surface area contributed by atoms with Gasteiger partial charge in [-0.05, 0) is 34.1 Å². The fourth-order valence-electron chi connectivity index (χ4n) is 3.60. The fraction of sp³-hybridized carbons (Fsp3) is 0.955. The Morgan fingerprint density at radius 3 is 1.29 bits per heavy atom. The minimum Gasteiger partial charge on any atom is -0.338 e. The highest BCUT2D eigenvalue weighted by Crippen LogP contribution is 2.14. The van der Waals surface area contributed by atoms with E-state index in [2.05, 4.69) is 34.6 Å². The van der Waals surface area contributed by atoms with Gasteiger partial charge < -0.3 is 4.90 Å². The second kappa shape index (κ2) is 16.0. The molecule has 144 valence electrons. The Hall–Kier alpha value is -0.530. The van der Waals surface area contributed by atoms with Crippen molar-refractivity contribution >= 4 is 5.91 Å². The Labute approximate surface area is 152 Å². The normalized spacial score (nSPS) is 11.5. The van der Waals surface area contributed by atoms with Crippen LogP contribution in [0.3, 0.4) is 0 Å². The van der Waals surface area contributed by atoms with Crippen molar-refractivity contribution in [3.63, 3.8) is 0 Å². The number of hydrogen-bond acceptors (Lipinski definition) is 1. The zero-order valence-electron chi connectivity index (χ0n) is 17.4. The number of rotatable bonds is 16. The van der Waals surface area contributed by atoms with Gasteiger partial charge in [0.15, 0.2) is 0 Å². The van der Waals surface area contributed by atoms with Crippen molar-refractivity contribution < 1.29 is 4.79 Å². The van der Waals surface area contributed by atoms with E-state index in [1.54, 1.807) is 0 Å². The SMILES string of the molecule is CCCCCCCCCCCCCCCC(=O)N(C(C)C)C(C)C. The maximum atomic E-state index is 12.3. The number of hydrogen-bond donors (Lipinski definition) is 0. The molecule has 0 aliphatic carbocycles. The molecule has 0 unspecified atom stereocenters. The number of carbonyl (C=O) groups excluding carboxylic acids is 1. The third kappa shape index (κ3) is 12.8. The highest BCUT2D eigenvalue weighted by atomic mass is 16.2. The summed E-state index contributed by atoms with van der Waals surface area (Å²) in [4.78, 5) is 14.3. The Morgan fingerprint density at radius 1 is 0.625 bits per heavy atom. The molecule has 0 bridgehead atoms. The third-order valence-electron chi connectivity index (χ3n) is 4.89. The first-order valence-electron chi connectivity index (χ1n) is 10.8. The van der Waals surface area contributed by atoms with Crippen molar-refractivity contribution in [3.8, 4) is 0 Å². The lowest BCUT2D eigenvalue weighted by Gasteiger charge is -2.30. The minimum absolute atomic E-state index is 0.319. The molecular weight excluding hydrogens is 294 g/mol. The molecule has 0 heterocycles. The molecule has 0 spiro atoms. The first-order chi connectivity index (χ1) is 11.5. The first kappa shape index (κ1) is 23.5. The molecule has 0 saturated carbocycles. The molecule has 0 atom stereocenters. The van der Waals surface area contributed by atoms with E-state index >= 15 is 0 Å². The van der Waals surface area contributed by atoms with Crippen LogP contribution in [-0.4, -0.2) is 22.9 Å². The summed E-state index contributed by atoms with van der Waals surface area (Å²) in [6.07, 6.45) is 18.3. The highest BCUT2D eigenvalue weighted by Gasteiger charge is 2.18.